The number of fused-ring (bicyclic) bond motifs is 3. The van der Waals surface area contributed by atoms with Gasteiger partial charge in [-0.25, -0.2) is 0 Å². The molecule has 3 rings (SSSR count). The molecule has 0 saturated carbocycles. The summed E-state index contributed by atoms with van der Waals surface area (Å²) in [4.78, 5) is 0. The van der Waals surface area contributed by atoms with Crippen molar-refractivity contribution in [2.24, 2.45) is 0 Å². The van der Waals surface area contributed by atoms with Gasteiger partial charge in [0.1, 0.15) is 0 Å². The predicted molar refractivity (Wildman–Crippen MR) is 100 cm³/mol. The summed E-state index contributed by atoms with van der Waals surface area (Å²) in [5.74, 6) is -0.996. The Morgan fingerprint density at radius 3 is 1.68 bits per heavy atom. The van der Waals surface area contributed by atoms with Crippen LogP contribution in [0.4, 0.5) is 13.2 Å². The minimum Gasteiger partial charge on any atom is -0.448 e. The number of rotatable bonds is 4. The van der Waals surface area contributed by atoms with Gasteiger partial charge < -0.3 is 12.8 Å². The average Bonchev–Trinajstić information content (AvgIpc) is 2.90. The van der Waals surface area contributed by atoms with Crippen molar-refractivity contribution < 1.29 is 42.8 Å². The van der Waals surface area contributed by atoms with Crippen LogP contribution in [0.25, 0.3) is 21.9 Å². The number of alkyl halides is 3. The van der Waals surface area contributed by atoms with E-state index in [1.165, 1.54) is 24.3 Å². The van der Waals surface area contributed by atoms with Crippen LogP contribution < -0.4 is 8.37 Å². The number of hydrogen-bond donors (Lipinski definition) is 0. The normalized spacial score (nSPS) is 13.2. The largest absolute Gasteiger partial charge is 0.534 e. The second-order valence-electron chi connectivity index (χ2n) is 5.38. The molecule has 1 aromatic heterocycles. The number of hydrogen-bond acceptors (Lipinski definition) is 7. The molecule has 0 fully saturated rings. The van der Waals surface area contributed by atoms with Gasteiger partial charge in [-0.1, -0.05) is 0 Å². The van der Waals surface area contributed by atoms with Crippen LogP contribution in [-0.2, 0) is 20.2 Å². The van der Waals surface area contributed by atoms with Crippen molar-refractivity contribution in [3.05, 3.63) is 33.2 Å². The van der Waals surface area contributed by atoms with Gasteiger partial charge in [0.05, 0.1) is 15.2 Å². The molecule has 0 spiro atoms. The molecule has 0 N–H and O–H groups in total. The van der Waals surface area contributed by atoms with E-state index in [0.29, 0.717) is 0 Å². The van der Waals surface area contributed by atoms with Gasteiger partial charge in [-0.2, -0.15) is 30.0 Å². The highest BCUT2D eigenvalue weighted by Gasteiger charge is 2.49. The molecule has 0 saturated heterocycles. The summed E-state index contributed by atoms with van der Waals surface area (Å²) in [5.41, 5.74) is -6.15. The van der Waals surface area contributed by atoms with E-state index in [1.54, 1.807) is 0 Å². The maximum Gasteiger partial charge on any atom is 0.534 e. The molecule has 0 unspecified atom stereocenters. The van der Waals surface area contributed by atoms with Crippen molar-refractivity contribution in [1.29, 1.82) is 0 Å². The number of halogens is 5. The van der Waals surface area contributed by atoms with Crippen LogP contribution >= 0.6 is 31.9 Å². The number of benzene rings is 2. The smallest absolute Gasteiger partial charge is 0.448 e. The van der Waals surface area contributed by atoms with Gasteiger partial charge in [0, 0.05) is 10.8 Å². The zero-order chi connectivity index (χ0) is 21.1. The quantitative estimate of drug-likeness (QED) is 0.333. The van der Waals surface area contributed by atoms with E-state index < -0.39 is 31.5 Å². The van der Waals surface area contributed by atoms with Crippen LogP contribution in [0.5, 0.6) is 11.5 Å². The fourth-order valence-electron chi connectivity index (χ4n) is 2.27. The molecule has 28 heavy (non-hydrogen) atoms. The van der Waals surface area contributed by atoms with E-state index in [1.807, 2.05) is 0 Å². The molecule has 0 atom stereocenters. The van der Waals surface area contributed by atoms with Crippen LogP contribution in [0.3, 0.4) is 0 Å². The lowest BCUT2D eigenvalue weighted by molar-refractivity contribution is -0.0500. The molecule has 1 heterocycles. The first kappa shape index (κ1) is 21.2. The molecule has 14 heteroatoms. The molecule has 0 aliphatic rings. The zero-order valence-electron chi connectivity index (χ0n) is 13.4. The molecule has 0 aliphatic carbocycles. The Labute approximate surface area is 172 Å². The summed E-state index contributed by atoms with van der Waals surface area (Å²) < 4.78 is 98.6. The minimum absolute atomic E-state index is 0.128. The van der Waals surface area contributed by atoms with Crippen LogP contribution in [0, 0.1) is 0 Å². The molecular formula is C14H7Br2F3O7S2. The fraction of sp³-hybridized carbons (Fsp3) is 0.143. The first-order valence-electron chi connectivity index (χ1n) is 6.95. The Morgan fingerprint density at radius 2 is 1.29 bits per heavy atom. The highest BCUT2D eigenvalue weighted by molar-refractivity contribution is 9.11. The lowest BCUT2D eigenvalue weighted by Gasteiger charge is -2.10. The Bertz CT molecular complexity index is 1310. The monoisotopic (exact) mass is 566 g/mol. The average molecular weight is 568 g/mol. The third-order valence-electron chi connectivity index (χ3n) is 3.33. The summed E-state index contributed by atoms with van der Waals surface area (Å²) in [7, 11) is -9.95. The van der Waals surface area contributed by atoms with Gasteiger partial charge in [-0.05, 0) is 56.1 Å². The van der Waals surface area contributed by atoms with E-state index in [2.05, 4.69) is 36.0 Å². The first-order chi connectivity index (χ1) is 12.7. The molecule has 2 aromatic carbocycles. The maximum absolute atomic E-state index is 12.7. The molecular weight excluding hydrogens is 561 g/mol. The SMILES string of the molecule is CS(=O)(=O)Oc1c(Br)ccc2c1oc1c(OS(=O)(=O)C(F)(F)F)c(Br)ccc12. The fourth-order valence-corrected chi connectivity index (χ4v) is 4.22. The summed E-state index contributed by atoms with van der Waals surface area (Å²) in [6, 6.07) is 5.61. The van der Waals surface area contributed by atoms with Crippen LogP contribution in [0.2, 0.25) is 0 Å². The van der Waals surface area contributed by atoms with Gasteiger partial charge in [0.25, 0.3) is 0 Å². The van der Waals surface area contributed by atoms with Crippen molar-refractivity contribution in [3.8, 4) is 11.5 Å². The van der Waals surface area contributed by atoms with Gasteiger partial charge in [0.15, 0.2) is 22.7 Å². The summed E-state index contributed by atoms with van der Waals surface area (Å²) in [5, 5.41) is 0.440. The predicted octanol–water partition coefficient (Wildman–Crippen LogP) is 4.68. The van der Waals surface area contributed by atoms with Crippen LogP contribution in [0.15, 0.2) is 37.6 Å². The van der Waals surface area contributed by atoms with E-state index in [-0.39, 0.29) is 36.6 Å². The summed E-state index contributed by atoms with van der Waals surface area (Å²) in [6.45, 7) is 0. The van der Waals surface area contributed by atoms with Crippen molar-refractivity contribution in [2.75, 3.05) is 6.26 Å². The van der Waals surface area contributed by atoms with Crippen molar-refractivity contribution in [1.82, 2.24) is 0 Å². The molecule has 0 aliphatic heterocycles. The van der Waals surface area contributed by atoms with Crippen molar-refractivity contribution >= 4 is 74.0 Å². The van der Waals surface area contributed by atoms with E-state index in [9.17, 15) is 30.0 Å². The highest BCUT2D eigenvalue weighted by Crippen LogP contribution is 2.45. The third-order valence-corrected chi connectivity index (χ3v) is 6.01. The standard InChI is InChI=1S/C14H7Br2F3O7S2/c1-27(20,21)25-12-8(15)4-2-6-7-3-5-9(16)13(11(7)24-10(6)12)26-28(22,23)14(17,18)19/h2-5H,1H3. The summed E-state index contributed by atoms with van der Waals surface area (Å²) >= 11 is 6.02. The molecule has 0 radical (unpaired) electrons. The Hall–Kier alpha value is -1.51. The molecule has 152 valence electrons. The highest BCUT2D eigenvalue weighted by atomic mass is 79.9. The first-order valence-corrected chi connectivity index (χ1v) is 11.8. The molecule has 7 nitrogen and oxygen atoms in total. The lowest BCUT2D eigenvalue weighted by Crippen LogP contribution is -2.28. The van der Waals surface area contributed by atoms with Gasteiger partial charge in [-0.3, -0.25) is 0 Å². The van der Waals surface area contributed by atoms with Gasteiger partial charge >= 0.3 is 25.7 Å². The number of furan rings is 1. The minimum atomic E-state index is -5.98. The Morgan fingerprint density at radius 1 is 0.857 bits per heavy atom. The van der Waals surface area contributed by atoms with Crippen molar-refractivity contribution in [2.45, 2.75) is 5.51 Å². The van der Waals surface area contributed by atoms with Crippen molar-refractivity contribution in [3.63, 3.8) is 0 Å². The third kappa shape index (κ3) is 3.82. The van der Waals surface area contributed by atoms with Gasteiger partial charge in [0.2, 0.25) is 0 Å². The second kappa shape index (κ2) is 6.78. The van der Waals surface area contributed by atoms with Crippen LogP contribution in [-0.4, -0.2) is 28.6 Å². The lowest BCUT2D eigenvalue weighted by atomic mass is 10.1. The molecule has 0 bridgehead atoms. The molecule has 0 amide bonds. The second-order valence-corrected chi connectivity index (χ2v) is 10.2. The Kier molecular flexibility index (Phi) is 5.13. The topological polar surface area (TPSA) is 99.9 Å². The zero-order valence-corrected chi connectivity index (χ0v) is 18.2. The maximum atomic E-state index is 12.7. The van der Waals surface area contributed by atoms with Crippen LogP contribution in [0.1, 0.15) is 0 Å². The van der Waals surface area contributed by atoms with E-state index in [4.69, 9.17) is 8.60 Å². The van der Waals surface area contributed by atoms with E-state index in [0.717, 1.165) is 6.26 Å². The molecule has 3 aromatic rings. The van der Waals surface area contributed by atoms with Gasteiger partial charge in [-0.15, -0.1) is 0 Å². The summed E-state index contributed by atoms with van der Waals surface area (Å²) in [6.07, 6.45) is 0.794. The van der Waals surface area contributed by atoms with E-state index >= 15 is 0 Å². The Balaban J connectivity index is 2.34.